The lowest BCUT2D eigenvalue weighted by atomic mass is 10.2. The highest BCUT2D eigenvalue weighted by molar-refractivity contribution is 5.88. The van der Waals surface area contributed by atoms with Crippen LogP contribution in [-0.4, -0.2) is 19.3 Å². The number of hydrogen-bond donors (Lipinski definition) is 0. The molecule has 6 heteroatoms. The monoisotopic (exact) mass is 329 g/mol. The molecule has 0 aliphatic heterocycles. The summed E-state index contributed by atoms with van der Waals surface area (Å²) in [5.41, 5.74) is 3.27. The van der Waals surface area contributed by atoms with Gasteiger partial charge in [0.1, 0.15) is 5.75 Å². The van der Waals surface area contributed by atoms with Gasteiger partial charge in [-0.1, -0.05) is 6.07 Å². The summed E-state index contributed by atoms with van der Waals surface area (Å²) in [5, 5.41) is 14.3. The van der Waals surface area contributed by atoms with E-state index in [4.69, 9.17) is 10.00 Å². The lowest BCUT2D eigenvalue weighted by molar-refractivity contribution is 0.467. The minimum Gasteiger partial charge on any atom is -0.438 e. The number of fused-ring (bicyclic) bond motifs is 1. The van der Waals surface area contributed by atoms with Crippen LogP contribution in [0.3, 0.4) is 0 Å². The molecule has 0 aliphatic carbocycles. The number of rotatable bonds is 3. The number of nitrogens with zero attached hydrogens (tertiary/aromatic N) is 5. The molecule has 0 unspecified atom stereocenters. The molecule has 4 aromatic rings. The standard InChI is InChI=1S/C19H15N5O/c1-13-8-14(10-20)9-19(22-13)25-18-5-3-4-17-16(18)6-7-24(17)15-11-21-23(2)12-15/h3-9,11-12H,1-2H3. The fraction of sp³-hybridized carbons (Fsp3) is 0.105. The molecule has 3 aromatic heterocycles. The molecule has 4 rings (SSSR count). The van der Waals surface area contributed by atoms with E-state index in [2.05, 4.69) is 20.7 Å². The smallest absolute Gasteiger partial charge is 0.220 e. The lowest BCUT2D eigenvalue weighted by Gasteiger charge is -2.08. The van der Waals surface area contributed by atoms with E-state index in [-0.39, 0.29) is 0 Å². The third-order valence-electron chi connectivity index (χ3n) is 3.94. The van der Waals surface area contributed by atoms with E-state index < -0.39 is 0 Å². The number of hydrogen-bond acceptors (Lipinski definition) is 4. The first-order valence-corrected chi connectivity index (χ1v) is 7.80. The van der Waals surface area contributed by atoms with Gasteiger partial charge >= 0.3 is 0 Å². The van der Waals surface area contributed by atoms with Crippen molar-refractivity contribution in [1.29, 1.82) is 5.26 Å². The maximum Gasteiger partial charge on any atom is 0.220 e. The van der Waals surface area contributed by atoms with E-state index in [9.17, 15) is 0 Å². The Labute approximate surface area is 144 Å². The van der Waals surface area contributed by atoms with Crippen LogP contribution in [0.5, 0.6) is 11.6 Å². The number of aromatic nitrogens is 4. The van der Waals surface area contributed by atoms with Crippen LogP contribution in [0, 0.1) is 18.3 Å². The van der Waals surface area contributed by atoms with Gasteiger partial charge in [0, 0.05) is 36.6 Å². The molecule has 3 heterocycles. The van der Waals surface area contributed by atoms with Crippen LogP contribution in [0.1, 0.15) is 11.3 Å². The number of ether oxygens (including phenoxy) is 1. The Hall–Kier alpha value is -3.59. The van der Waals surface area contributed by atoms with Crippen molar-refractivity contribution in [2.24, 2.45) is 7.05 Å². The zero-order valence-electron chi connectivity index (χ0n) is 13.8. The first kappa shape index (κ1) is 15.0. The van der Waals surface area contributed by atoms with Gasteiger partial charge in [0.2, 0.25) is 5.88 Å². The van der Waals surface area contributed by atoms with Crippen molar-refractivity contribution in [3.63, 3.8) is 0 Å². The Morgan fingerprint density at radius 1 is 1.20 bits per heavy atom. The van der Waals surface area contributed by atoms with Crippen molar-refractivity contribution < 1.29 is 4.74 Å². The Morgan fingerprint density at radius 3 is 2.84 bits per heavy atom. The van der Waals surface area contributed by atoms with Gasteiger partial charge in [-0.05, 0) is 31.2 Å². The van der Waals surface area contributed by atoms with Gasteiger partial charge in [0.15, 0.2) is 0 Å². The maximum absolute atomic E-state index is 9.11. The van der Waals surface area contributed by atoms with Gasteiger partial charge in [-0.3, -0.25) is 4.68 Å². The highest BCUT2D eigenvalue weighted by Gasteiger charge is 2.11. The van der Waals surface area contributed by atoms with Crippen LogP contribution in [0.2, 0.25) is 0 Å². The van der Waals surface area contributed by atoms with Crippen LogP contribution in [0.25, 0.3) is 16.6 Å². The molecular weight excluding hydrogens is 314 g/mol. The minimum atomic E-state index is 0.415. The molecule has 0 amide bonds. The van der Waals surface area contributed by atoms with Gasteiger partial charge in [-0.2, -0.15) is 10.4 Å². The lowest BCUT2D eigenvalue weighted by Crippen LogP contribution is -1.93. The highest BCUT2D eigenvalue weighted by atomic mass is 16.5. The quantitative estimate of drug-likeness (QED) is 0.574. The van der Waals surface area contributed by atoms with E-state index in [1.54, 1.807) is 16.8 Å². The summed E-state index contributed by atoms with van der Waals surface area (Å²) in [4.78, 5) is 4.36. The Morgan fingerprint density at radius 2 is 2.08 bits per heavy atom. The van der Waals surface area contributed by atoms with Crippen molar-refractivity contribution in [2.75, 3.05) is 0 Å². The van der Waals surface area contributed by atoms with E-state index >= 15 is 0 Å². The fourth-order valence-corrected chi connectivity index (χ4v) is 2.85. The number of pyridine rings is 1. The van der Waals surface area contributed by atoms with Crippen molar-refractivity contribution >= 4 is 10.9 Å². The molecule has 0 saturated carbocycles. The molecule has 0 radical (unpaired) electrons. The highest BCUT2D eigenvalue weighted by Crippen LogP contribution is 2.31. The minimum absolute atomic E-state index is 0.415. The molecule has 0 fully saturated rings. The molecule has 0 atom stereocenters. The largest absolute Gasteiger partial charge is 0.438 e. The van der Waals surface area contributed by atoms with E-state index in [0.717, 1.165) is 22.3 Å². The van der Waals surface area contributed by atoms with Crippen LogP contribution in [0.15, 0.2) is 55.0 Å². The van der Waals surface area contributed by atoms with Gasteiger partial charge < -0.3 is 9.30 Å². The number of nitriles is 1. The predicted octanol–water partition coefficient (Wildman–Crippen LogP) is 3.73. The second-order valence-corrected chi connectivity index (χ2v) is 5.80. The summed E-state index contributed by atoms with van der Waals surface area (Å²) >= 11 is 0. The molecule has 25 heavy (non-hydrogen) atoms. The molecular formula is C19H15N5O. The van der Waals surface area contributed by atoms with Crippen LogP contribution >= 0.6 is 0 Å². The Bertz CT molecular complexity index is 1120. The van der Waals surface area contributed by atoms with Gasteiger partial charge in [-0.25, -0.2) is 4.98 Å². The maximum atomic E-state index is 9.11. The van der Waals surface area contributed by atoms with Crippen LogP contribution in [0.4, 0.5) is 0 Å². The van der Waals surface area contributed by atoms with Crippen molar-refractivity contribution in [3.8, 4) is 23.4 Å². The van der Waals surface area contributed by atoms with E-state index in [1.165, 1.54) is 0 Å². The summed E-state index contributed by atoms with van der Waals surface area (Å²) in [5.74, 6) is 1.11. The SMILES string of the molecule is Cc1cc(C#N)cc(Oc2cccc3c2ccn3-c2cnn(C)c2)n1. The van der Waals surface area contributed by atoms with Crippen LogP contribution in [-0.2, 0) is 7.05 Å². The van der Waals surface area contributed by atoms with Crippen LogP contribution < -0.4 is 4.74 Å². The average molecular weight is 329 g/mol. The second kappa shape index (κ2) is 5.80. The summed E-state index contributed by atoms with van der Waals surface area (Å²) in [6, 6.07) is 13.4. The van der Waals surface area contributed by atoms with E-state index in [1.807, 2.05) is 56.8 Å². The van der Waals surface area contributed by atoms with Gasteiger partial charge in [0.25, 0.3) is 0 Å². The molecule has 1 aromatic carbocycles. The zero-order chi connectivity index (χ0) is 17.4. The first-order valence-electron chi connectivity index (χ1n) is 7.80. The van der Waals surface area contributed by atoms with Crippen molar-refractivity contribution in [3.05, 3.63) is 66.2 Å². The first-order chi connectivity index (χ1) is 12.1. The molecule has 0 saturated heterocycles. The molecule has 6 nitrogen and oxygen atoms in total. The number of benzene rings is 1. The summed E-state index contributed by atoms with van der Waals surface area (Å²) < 4.78 is 9.79. The van der Waals surface area contributed by atoms with Crippen molar-refractivity contribution in [2.45, 2.75) is 6.92 Å². The topological polar surface area (TPSA) is 68.7 Å². The predicted molar refractivity (Wildman–Crippen MR) is 93.8 cm³/mol. The third-order valence-corrected chi connectivity index (χ3v) is 3.94. The Kier molecular flexibility index (Phi) is 3.47. The number of aryl methyl sites for hydroxylation is 2. The molecule has 0 spiro atoms. The molecule has 0 aliphatic rings. The second-order valence-electron chi connectivity index (χ2n) is 5.80. The van der Waals surface area contributed by atoms with Crippen molar-refractivity contribution in [1.82, 2.24) is 19.3 Å². The summed E-state index contributed by atoms with van der Waals surface area (Å²) in [6.45, 7) is 1.84. The fourth-order valence-electron chi connectivity index (χ4n) is 2.85. The molecule has 0 bridgehead atoms. The normalized spacial score (nSPS) is 10.8. The molecule has 122 valence electrons. The zero-order valence-corrected chi connectivity index (χ0v) is 13.8. The summed E-state index contributed by atoms with van der Waals surface area (Å²) in [7, 11) is 1.89. The molecule has 0 N–H and O–H groups in total. The summed E-state index contributed by atoms with van der Waals surface area (Å²) in [6.07, 6.45) is 5.75. The third kappa shape index (κ3) is 2.72. The van der Waals surface area contributed by atoms with E-state index in [0.29, 0.717) is 17.2 Å². The van der Waals surface area contributed by atoms with Gasteiger partial charge in [0.05, 0.1) is 29.0 Å². The Balaban J connectivity index is 1.78. The van der Waals surface area contributed by atoms with Gasteiger partial charge in [-0.15, -0.1) is 0 Å². The average Bonchev–Trinajstić information content (AvgIpc) is 3.21.